The van der Waals surface area contributed by atoms with E-state index in [1.165, 1.54) is 6.08 Å². The van der Waals surface area contributed by atoms with Crippen molar-refractivity contribution in [3.05, 3.63) is 48.5 Å². The van der Waals surface area contributed by atoms with Gasteiger partial charge in [-0.25, -0.2) is 4.79 Å². The number of benzene rings is 2. The van der Waals surface area contributed by atoms with Gasteiger partial charge in [0.2, 0.25) is 12.5 Å². The molecule has 5 heteroatoms. The molecule has 1 N–H and O–H groups in total. The van der Waals surface area contributed by atoms with E-state index in [1.54, 1.807) is 48.5 Å². The van der Waals surface area contributed by atoms with Crippen LogP contribution in [0.2, 0.25) is 0 Å². The number of ether oxygens (including phenoxy) is 1. The monoisotopic (exact) mass is 254 g/mol. The molecular weight excluding hydrogens is 244 g/mol. The molecule has 0 heterocycles. The minimum Gasteiger partial charge on any atom is -0.457 e. The van der Waals surface area contributed by atoms with Crippen molar-refractivity contribution in [3.8, 4) is 11.5 Å². The lowest BCUT2D eigenvalue weighted by Gasteiger charge is -2.06. The zero-order valence-electron chi connectivity index (χ0n) is 9.87. The van der Waals surface area contributed by atoms with Crippen LogP contribution >= 0.6 is 0 Å². The van der Waals surface area contributed by atoms with Gasteiger partial charge < -0.3 is 10.1 Å². The Bertz CT molecular complexity index is 600. The van der Waals surface area contributed by atoms with Crippen molar-refractivity contribution in [1.82, 2.24) is 0 Å². The second kappa shape index (κ2) is 6.14. The van der Waals surface area contributed by atoms with Crippen LogP contribution in [0.5, 0.6) is 11.5 Å². The van der Waals surface area contributed by atoms with E-state index < -0.39 is 0 Å². The average Bonchev–Trinajstić information content (AvgIpc) is 2.44. The maximum atomic E-state index is 10.3. The minimum atomic E-state index is 0.521. The number of aliphatic imine (C=N–C) groups is 1. The van der Waals surface area contributed by atoms with Gasteiger partial charge >= 0.3 is 0 Å². The van der Waals surface area contributed by atoms with E-state index in [1.807, 2.05) is 0 Å². The number of nitrogens with one attached hydrogen (secondary N) is 1. The average molecular weight is 254 g/mol. The van der Waals surface area contributed by atoms with Crippen molar-refractivity contribution in [2.75, 3.05) is 5.32 Å². The number of anilines is 1. The second-order valence-electron chi connectivity index (χ2n) is 3.59. The van der Waals surface area contributed by atoms with Gasteiger partial charge in [0.1, 0.15) is 11.5 Å². The zero-order chi connectivity index (χ0) is 13.5. The van der Waals surface area contributed by atoms with Crippen LogP contribution in [0.3, 0.4) is 0 Å². The van der Waals surface area contributed by atoms with Gasteiger partial charge in [-0.2, -0.15) is 4.99 Å². The lowest BCUT2D eigenvalue weighted by molar-refractivity contribution is -0.105. The first-order valence-corrected chi connectivity index (χ1v) is 5.48. The van der Waals surface area contributed by atoms with E-state index in [9.17, 15) is 9.59 Å². The molecule has 0 saturated heterocycles. The summed E-state index contributed by atoms with van der Waals surface area (Å²) >= 11 is 0. The van der Waals surface area contributed by atoms with Gasteiger partial charge in [-0.1, -0.05) is 0 Å². The molecule has 0 aliphatic rings. The third-order valence-electron chi connectivity index (χ3n) is 2.33. The normalized spacial score (nSPS) is 9.26. The third-order valence-corrected chi connectivity index (χ3v) is 2.33. The number of hydrogen-bond donors (Lipinski definition) is 1. The predicted molar refractivity (Wildman–Crippen MR) is 70.4 cm³/mol. The quantitative estimate of drug-likeness (QED) is 0.506. The Kier molecular flexibility index (Phi) is 4.05. The van der Waals surface area contributed by atoms with Crippen LogP contribution in [-0.2, 0) is 9.59 Å². The highest BCUT2D eigenvalue weighted by Gasteiger charge is 1.98. The Hall–Kier alpha value is -2.91. The van der Waals surface area contributed by atoms with Gasteiger partial charge in [0.25, 0.3) is 0 Å². The summed E-state index contributed by atoms with van der Waals surface area (Å²) in [6.07, 6.45) is 2.08. The topological polar surface area (TPSA) is 67.8 Å². The lowest BCUT2D eigenvalue weighted by Crippen LogP contribution is -1.92. The van der Waals surface area contributed by atoms with Crippen LogP contribution in [0.15, 0.2) is 53.5 Å². The van der Waals surface area contributed by atoms with Gasteiger partial charge in [-0.05, 0) is 48.5 Å². The van der Waals surface area contributed by atoms with Gasteiger partial charge in [-0.3, -0.25) is 4.79 Å². The third kappa shape index (κ3) is 3.52. The predicted octanol–water partition coefficient (Wildman–Crippen LogP) is 3.01. The van der Waals surface area contributed by atoms with Crippen LogP contribution in [0.25, 0.3) is 0 Å². The van der Waals surface area contributed by atoms with Crippen molar-refractivity contribution in [2.45, 2.75) is 0 Å². The number of rotatable bonds is 5. The number of carbonyl (C=O) groups excluding carboxylic acids is 2. The lowest BCUT2D eigenvalue weighted by atomic mass is 10.3. The van der Waals surface area contributed by atoms with Gasteiger partial charge in [0.05, 0.1) is 5.69 Å². The van der Waals surface area contributed by atoms with Crippen LogP contribution < -0.4 is 10.1 Å². The van der Waals surface area contributed by atoms with E-state index in [2.05, 4.69) is 10.3 Å². The molecule has 0 spiro atoms. The molecule has 0 aromatic heterocycles. The summed E-state index contributed by atoms with van der Waals surface area (Å²) in [6, 6.07) is 13.7. The molecular formula is C14H10N2O3. The molecule has 0 aliphatic carbocycles. The van der Waals surface area contributed by atoms with E-state index in [-0.39, 0.29) is 0 Å². The van der Waals surface area contributed by atoms with Crippen molar-refractivity contribution in [1.29, 1.82) is 0 Å². The maximum Gasteiger partial charge on any atom is 0.240 e. The first-order valence-electron chi connectivity index (χ1n) is 5.48. The van der Waals surface area contributed by atoms with Crippen molar-refractivity contribution < 1.29 is 14.3 Å². The molecule has 94 valence electrons. The summed E-state index contributed by atoms with van der Waals surface area (Å²) in [5.41, 5.74) is 1.21. The Morgan fingerprint density at radius 2 is 1.58 bits per heavy atom. The van der Waals surface area contributed by atoms with E-state index >= 15 is 0 Å². The van der Waals surface area contributed by atoms with Crippen LogP contribution in [0.4, 0.5) is 11.4 Å². The first kappa shape index (κ1) is 12.5. The number of isocyanates is 1. The smallest absolute Gasteiger partial charge is 0.240 e. The highest BCUT2D eigenvalue weighted by Crippen LogP contribution is 2.24. The highest BCUT2D eigenvalue weighted by atomic mass is 16.5. The number of hydrogen-bond acceptors (Lipinski definition) is 4. The molecule has 1 amide bonds. The van der Waals surface area contributed by atoms with Crippen LogP contribution in [0, 0.1) is 0 Å². The molecule has 0 radical (unpaired) electrons. The Balaban J connectivity index is 2.07. The van der Waals surface area contributed by atoms with Crippen molar-refractivity contribution in [3.63, 3.8) is 0 Å². The number of nitrogens with zero attached hydrogens (tertiary/aromatic N) is 1. The Morgan fingerprint density at radius 3 is 2.11 bits per heavy atom. The second-order valence-corrected chi connectivity index (χ2v) is 3.59. The Labute approximate surface area is 109 Å². The standard InChI is InChI=1S/C14H10N2O3/c17-9-15-11-1-5-13(6-2-11)19-14-7-3-12(4-8-14)16-10-18/h1-9H,(H,15,17). The maximum absolute atomic E-state index is 10.3. The zero-order valence-corrected chi connectivity index (χ0v) is 9.87. The summed E-state index contributed by atoms with van der Waals surface area (Å²) in [5, 5.41) is 2.54. The van der Waals surface area contributed by atoms with E-state index in [0.717, 1.165) is 0 Å². The molecule has 0 bridgehead atoms. The molecule has 2 aromatic rings. The Morgan fingerprint density at radius 1 is 1.00 bits per heavy atom. The number of carbonyl (C=O) groups is 1. The summed E-state index contributed by atoms with van der Waals surface area (Å²) < 4.78 is 5.59. The largest absolute Gasteiger partial charge is 0.457 e. The molecule has 2 aromatic carbocycles. The summed E-state index contributed by atoms with van der Waals surface area (Å²) in [6.45, 7) is 0. The minimum absolute atomic E-state index is 0.521. The van der Waals surface area contributed by atoms with Crippen molar-refractivity contribution >= 4 is 23.9 Å². The molecule has 19 heavy (non-hydrogen) atoms. The molecule has 5 nitrogen and oxygen atoms in total. The van der Waals surface area contributed by atoms with Crippen LogP contribution in [0.1, 0.15) is 0 Å². The van der Waals surface area contributed by atoms with Gasteiger partial charge in [-0.15, -0.1) is 0 Å². The molecule has 0 aliphatic heterocycles. The highest BCUT2D eigenvalue weighted by molar-refractivity contribution is 5.71. The van der Waals surface area contributed by atoms with Crippen LogP contribution in [-0.4, -0.2) is 12.5 Å². The van der Waals surface area contributed by atoms with E-state index in [0.29, 0.717) is 29.3 Å². The fraction of sp³-hybridized carbons (Fsp3) is 0. The first-order chi connectivity index (χ1) is 9.31. The summed E-state index contributed by atoms with van der Waals surface area (Å²) in [7, 11) is 0. The van der Waals surface area contributed by atoms with Crippen molar-refractivity contribution in [2.24, 2.45) is 4.99 Å². The molecule has 2 rings (SSSR count). The summed E-state index contributed by atoms with van der Waals surface area (Å²) in [5.74, 6) is 1.27. The molecule has 0 fully saturated rings. The molecule has 0 unspecified atom stereocenters. The number of amides is 1. The summed E-state index contributed by atoms with van der Waals surface area (Å²) in [4.78, 5) is 23.8. The fourth-order valence-electron chi connectivity index (χ4n) is 1.46. The van der Waals surface area contributed by atoms with Gasteiger partial charge in [0, 0.05) is 5.69 Å². The molecule has 0 saturated carbocycles. The SMILES string of the molecule is O=C=Nc1ccc(Oc2ccc(NC=O)cc2)cc1. The van der Waals surface area contributed by atoms with E-state index in [4.69, 9.17) is 4.74 Å². The fourth-order valence-corrected chi connectivity index (χ4v) is 1.46. The molecule has 0 atom stereocenters. The van der Waals surface area contributed by atoms with Gasteiger partial charge in [0.15, 0.2) is 0 Å².